The van der Waals surface area contributed by atoms with E-state index in [1.165, 1.54) is 12.8 Å². The Hall–Kier alpha value is -1.15. The molecule has 0 aromatic heterocycles. The van der Waals surface area contributed by atoms with Crippen molar-refractivity contribution >= 4 is 15.7 Å². The van der Waals surface area contributed by atoms with E-state index in [0.717, 1.165) is 25.9 Å². The highest BCUT2D eigenvalue weighted by Gasteiger charge is 2.33. The molecule has 0 bridgehead atoms. The maximum absolute atomic E-state index is 12.6. The van der Waals surface area contributed by atoms with Crippen LogP contribution in [0.5, 0.6) is 0 Å². The van der Waals surface area contributed by atoms with Gasteiger partial charge in [0.15, 0.2) is 0 Å². The highest BCUT2D eigenvalue weighted by Crippen LogP contribution is 2.28. The Labute approximate surface area is 125 Å². The summed E-state index contributed by atoms with van der Waals surface area (Å²) in [5, 5.41) is 0. The molecule has 7 heteroatoms. The van der Waals surface area contributed by atoms with Gasteiger partial charge < -0.3 is 10.3 Å². The summed E-state index contributed by atoms with van der Waals surface area (Å²) >= 11 is 0. The zero-order chi connectivity index (χ0) is 14.9. The van der Waals surface area contributed by atoms with Crippen LogP contribution in [-0.2, 0) is 10.0 Å². The molecule has 4 N–H and O–H groups in total. The summed E-state index contributed by atoms with van der Waals surface area (Å²) < 4.78 is 28.0. The van der Waals surface area contributed by atoms with Crippen molar-refractivity contribution in [2.75, 3.05) is 18.5 Å². The van der Waals surface area contributed by atoms with Gasteiger partial charge in [-0.1, -0.05) is 12.1 Å². The SMILES string of the molecule is NNc1ccccc1S(=O)(=O)NC1CCN2CCCC2C1. The van der Waals surface area contributed by atoms with Crippen LogP contribution >= 0.6 is 0 Å². The van der Waals surface area contributed by atoms with Gasteiger partial charge in [0.1, 0.15) is 4.90 Å². The van der Waals surface area contributed by atoms with Gasteiger partial charge in [-0.3, -0.25) is 5.84 Å². The van der Waals surface area contributed by atoms with Gasteiger partial charge in [0.05, 0.1) is 5.69 Å². The number of nitrogen functional groups attached to an aromatic ring is 1. The van der Waals surface area contributed by atoms with Gasteiger partial charge in [0.2, 0.25) is 10.0 Å². The third kappa shape index (κ3) is 3.06. The van der Waals surface area contributed by atoms with Gasteiger partial charge in [-0.25, -0.2) is 13.1 Å². The molecule has 2 unspecified atom stereocenters. The first-order valence-corrected chi connectivity index (χ1v) is 8.90. The molecule has 2 aliphatic heterocycles. The minimum absolute atomic E-state index is 0.0141. The first kappa shape index (κ1) is 14.8. The van der Waals surface area contributed by atoms with Crippen LogP contribution < -0.4 is 16.0 Å². The topological polar surface area (TPSA) is 87.5 Å². The van der Waals surface area contributed by atoms with Crippen molar-refractivity contribution in [2.45, 2.75) is 42.7 Å². The summed E-state index contributed by atoms with van der Waals surface area (Å²) in [7, 11) is -3.54. The van der Waals surface area contributed by atoms with Crippen LogP contribution in [0.2, 0.25) is 0 Å². The Kier molecular flexibility index (Phi) is 4.17. The van der Waals surface area contributed by atoms with Crippen molar-refractivity contribution in [1.82, 2.24) is 9.62 Å². The number of piperidine rings is 1. The zero-order valence-corrected chi connectivity index (χ0v) is 12.8. The number of fused-ring (bicyclic) bond motifs is 1. The van der Waals surface area contributed by atoms with Gasteiger partial charge in [-0.05, 0) is 50.9 Å². The number of hydrogen-bond acceptors (Lipinski definition) is 5. The minimum atomic E-state index is -3.54. The number of nitrogens with one attached hydrogen (secondary N) is 2. The first-order chi connectivity index (χ1) is 10.1. The number of para-hydroxylation sites is 1. The number of nitrogens with zero attached hydrogens (tertiary/aromatic N) is 1. The second kappa shape index (κ2) is 5.92. The Morgan fingerprint density at radius 3 is 2.81 bits per heavy atom. The van der Waals surface area contributed by atoms with Crippen LogP contribution in [0.1, 0.15) is 25.7 Å². The molecule has 2 heterocycles. The third-order valence-electron chi connectivity index (χ3n) is 4.47. The van der Waals surface area contributed by atoms with Crippen molar-refractivity contribution < 1.29 is 8.42 Å². The van der Waals surface area contributed by atoms with Crippen molar-refractivity contribution in [3.63, 3.8) is 0 Å². The molecule has 0 amide bonds. The average molecular weight is 310 g/mol. The fraction of sp³-hybridized carbons (Fsp3) is 0.571. The van der Waals surface area contributed by atoms with Gasteiger partial charge in [0.25, 0.3) is 0 Å². The maximum atomic E-state index is 12.6. The second-order valence-electron chi connectivity index (χ2n) is 5.82. The number of hydrogen-bond donors (Lipinski definition) is 3. The molecule has 0 saturated carbocycles. The van der Waals surface area contributed by atoms with E-state index in [-0.39, 0.29) is 10.9 Å². The van der Waals surface area contributed by atoms with E-state index in [0.29, 0.717) is 11.7 Å². The average Bonchev–Trinajstić information content (AvgIpc) is 2.94. The van der Waals surface area contributed by atoms with Crippen molar-refractivity contribution in [3.05, 3.63) is 24.3 Å². The summed E-state index contributed by atoms with van der Waals surface area (Å²) in [5.41, 5.74) is 2.87. The number of nitrogens with two attached hydrogens (primary N) is 1. The molecular formula is C14H22N4O2S. The van der Waals surface area contributed by atoms with E-state index < -0.39 is 10.0 Å². The predicted octanol–water partition coefficient (Wildman–Crippen LogP) is 0.877. The fourth-order valence-electron chi connectivity index (χ4n) is 3.43. The van der Waals surface area contributed by atoms with Crippen LogP contribution in [0.25, 0.3) is 0 Å². The van der Waals surface area contributed by atoms with E-state index >= 15 is 0 Å². The molecule has 0 radical (unpaired) electrons. The number of sulfonamides is 1. The lowest BCUT2D eigenvalue weighted by Gasteiger charge is -2.35. The molecule has 0 spiro atoms. The van der Waals surface area contributed by atoms with Crippen LogP contribution in [0, 0.1) is 0 Å². The molecule has 21 heavy (non-hydrogen) atoms. The Morgan fingerprint density at radius 2 is 2.00 bits per heavy atom. The standard InChI is InChI=1S/C14H22N4O2S/c15-16-13-5-1-2-6-14(13)21(19,20)17-11-7-9-18-8-3-4-12(18)10-11/h1-2,5-6,11-12,16-17H,3-4,7-10,15H2. The van der Waals surface area contributed by atoms with E-state index in [4.69, 9.17) is 5.84 Å². The van der Waals surface area contributed by atoms with Gasteiger partial charge >= 0.3 is 0 Å². The molecule has 2 aliphatic rings. The molecule has 3 rings (SSSR count). The van der Waals surface area contributed by atoms with E-state index in [9.17, 15) is 8.42 Å². The number of hydrazine groups is 1. The Balaban J connectivity index is 1.74. The summed E-state index contributed by atoms with van der Waals surface area (Å²) in [6, 6.07) is 7.24. The molecule has 1 aromatic carbocycles. The number of benzene rings is 1. The van der Waals surface area contributed by atoms with E-state index in [2.05, 4.69) is 15.0 Å². The lowest BCUT2D eigenvalue weighted by Crippen LogP contribution is -2.47. The molecular weight excluding hydrogens is 288 g/mol. The van der Waals surface area contributed by atoms with Crippen LogP contribution in [0.3, 0.4) is 0 Å². The molecule has 0 aliphatic carbocycles. The van der Waals surface area contributed by atoms with Crippen LogP contribution in [0.4, 0.5) is 5.69 Å². The molecule has 1 aromatic rings. The predicted molar refractivity (Wildman–Crippen MR) is 82.2 cm³/mol. The monoisotopic (exact) mass is 310 g/mol. The van der Waals surface area contributed by atoms with Crippen molar-refractivity contribution in [1.29, 1.82) is 0 Å². The molecule has 2 fully saturated rings. The lowest BCUT2D eigenvalue weighted by molar-refractivity contribution is 0.176. The maximum Gasteiger partial charge on any atom is 0.242 e. The molecule has 2 saturated heterocycles. The molecule has 116 valence electrons. The minimum Gasteiger partial charge on any atom is -0.323 e. The summed E-state index contributed by atoms with van der Waals surface area (Å²) in [6.07, 6.45) is 4.18. The fourth-order valence-corrected chi connectivity index (χ4v) is 4.89. The summed E-state index contributed by atoms with van der Waals surface area (Å²) in [5.74, 6) is 5.40. The first-order valence-electron chi connectivity index (χ1n) is 7.42. The number of rotatable bonds is 4. The highest BCUT2D eigenvalue weighted by atomic mass is 32.2. The zero-order valence-electron chi connectivity index (χ0n) is 12.0. The highest BCUT2D eigenvalue weighted by molar-refractivity contribution is 7.89. The van der Waals surface area contributed by atoms with Crippen molar-refractivity contribution in [2.24, 2.45) is 5.84 Å². The summed E-state index contributed by atoms with van der Waals surface area (Å²) in [6.45, 7) is 2.14. The van der Waals surface area contributed by atoms with Crippen LogP contribution in [-0.4, -0.2) is 38.5 Å². The molecule has 6 nitrogen and oxygen atoms in total. The van der Waals surface area contributed by atoms with Gasteiger partial charge in [-0.15, -0.1) is 0 Å². The van der Waals surface area contributed by atoms with E-state index in [1.807, 2.05) is 0 Å². The van der Waals surface area contributed by atoms with E-state index in [1.54, 1.807) is 24.3 Å². The Morgan fingerprint density at radius 1 is 1.19 bits per heavy atom. The van der Waals surface area contributed by atoms with Crippen molar-refractivity contribution in [3.8, 4) is 0 Å². The lowest BCUT2D eigenvalue weighted by atomic mass is 9.99. The van der Waals surface area contributed by atoms with Crippen LogP contribution in [0.15, 0.2) is 29.2 Å². The second-order valence-corrected chi connectivity index (χ2v) is 7.50. The summed E-state index contributed by atoms with van der Waals surface area (Å²) in [4.78, 5) is 2.68. The number of anilines is 1. The van der Waals surface area contributed by atoms with Gasteiger partial charge in [-0.2, -0.15) is 0 Å². The smallest absolute Gasteiger partial charge is 0.242 e. The third-order valence-corrected chi connectivity index (χ3v) is 6.05. The van der Waals surface area contributed by atoms with Gasteiger partial charge in [0, 0.05) is 12.1 Å². The Bertz CT molecular complexity index is 605. The quantitative estimate of drug-likeness (QED) is 0.567. The normalized spacial score (nSPS) is 26.5. The largest absolute Gasteiger partial charge is 0.323 e. The molecule has 2 atom stereocenters.